The van der Waals surface area contributed by atoms with Gasteiger partial charge in [-0.3, -0.25) is 0 Å². The van der Waals surface area contributed by atoms with Gasteiger partial charge in [0.2, 0.25) is 0 Å². The first-order valence-electron chi connectivity index (χ1n) is 4.17. The quantitative estimate of drug-likeness (QED) is 0.697. The molecule has 0 bridgehead atoms. The molecular weight excluding hydrogens is 148 g/mol. The third-order valence-electron chi connectivity index (χ3n) is 1.92. The van der Waals surface area contributed by atoms with Crippen LogP contribution >= 0.6 is 0 Å². The molecule has 0 aromatic heterocycles. The summed E-state index contributed by atoms with van der Waals surface area (Å²) in [6, 6.07) is 10.2. The lowest BCUT2D eigenvalue weighted by Crippen LogP contribution is -2.45. The summed E-state index contributed by atoms with van der Waals surface area (Å²) in [5, 5.41) is 0. The molecule has 1 aromatic rings. The minimum atomic E-state index is -0.276. The van der Waals surface area contributed by atoms with Crippen LogP contribution in [-0.2, 0) is 6.42 Å². The summed E-state index contributed by atoms with van der Waals surface area (Å²) in [6.45, 7) is 2.49. The van der Waals surface area contributed by atoms with Crippen LogP contribution in [0.15, 0.2) is 30.3 Å². The molecule has 0 aliphatic heterocycles. The van der Waals surface area contributed by atoms with E-state index in [9.17, 15) is 0 Å². The van der Waals surface area contributed by atoms with Gasteiger partial charge in [-0.1, -0.05) is 30.3 Å². The molecule has 0 spiro atoms. The highest BCUT2D eigenvalue weighted by atomic mass is 14.8. The molecule has 0 amide bonds. The minimum absolute atomic E-state index is 0.276. The molecule has 0 saturated heterocycles. The van der Waals surface area contributed by atoms with Crippen LogP contribution < -0.4 is 11.5 Å². The number of hydrogen-bond acceptors (Lipinski definition) is 2. The van der Waals surface area contributed by atoms with E-state index in [1.165, 1.54) is 5.56 Å². The van der Waals surface area contributed by atoms with E-state index in [4.69, 9.17) is 11.5 Å². The highest BCUT2D eigenvalue weighted by Gasteiger charge is 2.15. The zero-order chi connectivity index (χ0) is 9.03. The Bertz CT molecular complexity index is 229. The number of rotatable bonds is 3. The van der Waals surface area contributed by atoms with Gasteiger partial charge in [0.05, 0.1) is 0 Å². The van der Waals surface area contributed by atoms with Crippen molar-refractivity contribution < 1.29 is 0 Å². The van der Waals surface area contributed by atoms with Crippen molar-refractivity contribution in [2.45, 2.75) is 18.9 Å². The average Bonchev–Trinajstić information content (AvgIpc) is 2.06. The zero-order valence-corrected chi connectivity index (χ0v) is 7.46. The number of hydrogen-bond donors (Lipinski definition) is 2. The normalized spacial score (nSPS) is 15.6. The lowest BCUT2D eigenvalue weighted by molar-refractivity contribution is 0.477. The van der Waals surface area contributed by atoms with E-state index in [0.29, 0.717) is 6.54 Å². The van der Waals surface area contributed by atoms with Crippen LogP contribution in [0.5, 0.6) is 0 Å². The summed E-state index contributed by atoms with van der Waals surface area (Å²) in [7, 11) is 0. The van der Waals surface area contributed by atoms with Gasteiger partial charge in [0.15, 0.2) is 0 Å². The maximum Gasteiger partial charge on any atom is 0.0290 e. The van der Waals surface area contributed by atoms with E-state index in [-0.39, 0.29) is 5.54 Å². The van der Waals surface area contributed by atoms with Crippen molar-refractivity contribution >= 4 is 0 Å². The molecule has 0 unspecified atom stereocenters. The second-order valence-corrected chi connectivity index (χ2v) is 3.52. The molecule has 4 N–H and O–H groups in total. The summed E-state index contributed by atoms with van der Waals surface area (Å²) in [5.74, 6) is 0. The smallest absolute Gasteiger partial charge is 0.0290 e. The van der Waals surface area contributed by atoms with Gasteiger partial charge >= 0.3 is 0 Å². The molecule has 66 valence electrons. The SMILES string of the molecule is C[C@@](N)(CN)Cc1ccccc1. The lowest BCUT2D eigenvalue weighted by atomic mass is 9.94. The second kappa shape index (κ2) is 3.70. The molecule has 0 aliphatic rings. The summed E-state index contributed by atoms with van der Waals surface area (Å²) in [4.78, 5) is 0. The molecule has 1 aromatic carbocycles. The molecule has 0 radical (unpaired) electrons. The predicted octanol–water partition coefficient (Wildman–Crippen LogP) is 0.905. The first-order valence-corrected chi connectivity index (χ1v) is 4.17. The van der Waals surface area contributed by atoms with Crippen molar-refractivity contribution in [2.75, 3.05) is 6.54 Å². The summed E-state index contributed by atoms with van der Waals surface area (Å²) in [5.41, 5.74) is 12.4. The van der Waals surface area contributed by atoms with Crippen molar-refractivity contribution in [1.82, 2.24) is 0 Å². The van der Waals surface area contributed by atoms with Crippen molar-refractivity contribution in [2.24, 2.45) is 11.5 Å². The Balaban J connectivity index is 2.64. The van der Waals surface area contributed by atoms with Crippen molar-refractivity contribution in [3.05, 3.63) is 35.9 Å². The van der Waals surface area contributed by atoms with Gasteiger partial charge in [-0.25, -0.2) is 0 Å². The highest BCUT2D eigenvalue weighted by Crippen LogP contribution is 2.08. The van der Waals surface area contributed by atoms with Gasteiger partial charge in [0.1, 0.15) is 0 Å². The van der Waals surface area contributed by atoms with E-state index in [0.717, 1.165) is 6.42 Å². The monoisotopic (exact) mass is 164 g/mol. The molecule has 12 heavy (non-hydrogen) atoms. The average molecular weight is 164 g/mol. The van der Waals surface area contributed by atoms with Gasteiger partial charge in [0, 0.05) is 12.1 Å². The van der Waals surface area contributed by atoms with E-state index in [1.54, 1.807) is 0 Å². The molecule has 1 rings (SSSR count). The molecular formula is C10H16N2. The fourth-order valence-electron chi connectivity index (χ4n) is 1.13. The Morgan fingerprint density at radius 1 is 1.25 bits per heavy atom. The highest BCUT2D eigenvalue weighted by molar-refractivity contribution is 5.17. The van der Waals surface area contributed by atoms with Crippen molar-refractivity contribution in [1.29, 1.82) is 0 Å². The van der Waals surface area contributed by atoms with E-state index in [1.807, 2.05) is 25.1 Å². The van der Waals surface area contributed by atoms with Crippen LogP contribution in [0.2, 0.25) is 0 Å². The molecule has 1 atom stereocenters. The molecule has 0 heterocycles. The second-order valence-electron chi connectivity index (χ2n) is 3.52. The van der Waals surface area contributed by atoms with Crippen LogP contribution in [0.4, 0.5) is 0 Å². The minimum Gasteiger partial charge on any atom is -0.329 e. The van der Waals surface area contributed by atoms with Gasteiger partial charge < -0.3 is 11.5 Å². The summed E-state index contributed by atoms with van der Waals surface area (Å²) >= 11 is 0. The van der Waals surface area contributed by atoms with Gasteiger partial charge in [-0.15, -0.1) is 0 Å². The zero-order valence-electron chi connectivity index (χ0n) is 7.46. The Labute approximate surface area is 73.6 Å². The summed E-state index contributed by atoms with van der Waals surface area (Å²) < 4.78 is 0. The van der Waals surface area contributed by atoms with Crippen molar-refractivity contribution in [3.63, 3.8) is 0 Å². The third kappa shape index (κ3) is 2.64. The van der Waals surface area contributed by atoms with Crippen LogP contribution in [0.1, 0.15) is 12.5 Å². The lowest BCUT2D eigenvalue weighted by Gasteiger charge is -2.22. The molecule has 2 heteroatoms. The van der Waals surface area contributed by atoms with E-state index in [2.05, 4.69) is 12.1 Å². The first kappa shape index (κ1) is 9.23. The van der Waals surface area contributed by atoms with E-state index >= 15 is 0 Å². The topological polar surface area (TPSA) is 52.0 Å². The Morgan fingerprint density at radius 3 is 2.33 bits per heavy atom. The van der Waals surface area contributed by atoms with Crippen molar-refractivity contribution in [3.8, 4) is 0 Å². The van der Waals surface area contributed by atoms with Gasteiger partial charge in [-0.2, -0.15) is 0 Å². The van der Waals surface area contributed by atoms with E-state index < -0.39 is 0 Å². The molecule has 0 saturated carbocycles. The Hall–Kier alpha value is -0.860. The van der Waals surface area contributed by atoms with Crippen LogP contribution in [0, 0.1) is 0 Å². The maximum absolute atomic E-state index is 5.92. The van der Waals surface area contributed by atoms with Crippen LogP contribution in [0.25, 0.3) is 0 Å². The summed E-state index contributed by atoms with van der Waals surface area (Å²) in [6.07, 6.45) is 0.838. The largest absolute Gasteiger partial charge is 0.329 e. The van der Waals surface area contributed by atoms with Gasteiger partial charge in [0.25, 0.3) is 0 Å². The Kier molecular flexibility index (Phi) is 2.84. The third-order valence-corrected chi connectivity index (χ3v) is 1.92. The molecule has 0 fully saturated rings. The van der Waals surface area contributed by atoms with Gasteiger partial charge in [-0.05, 0) is 18.9 Å². The van der Waals surface area contributed by atoms with Crippen LogP contribution in [0.3, 0.4) is 0 Å². The first-order chi connectivity index (χ1) is 5.64. The predicted molar refractivity (Wildman–Crippen MR) is 51.8 cm³/mol. The number of nitrogens with two attached hydrogens (primary N) is 2. The standard InChI is InChI=1S/C10H16N2/c1-10(12,8-11)7-9-5-3-2-4-6-9/h2-6H,7-8,11-12H2,1H3/t10-/m0/s1. The molecule has 0 aliphatic carbocycles. The van der Waals surface area contributed by atoms with Crippen LogP contribution in [-0.4, -0.2) is 12.1 Å². The Morgan fingerprint density at radius 2 is 1.83 bits per heavy atom. The fraction of sp³-hybridized carbons (Fsp3) is 0.400. The number of benzene rings is 1. The fourth-order valence-corrected chi connectivity index (χ4v) is 1.13. The maximum atomic E-state index is 5.92. The molecule has 2 nitrogen and oxygen atoms in total.